The minimum atomic E-state index is -0.371. The Morgan fingerprint density at radius 2 is 1.96 bits per heavy atom. The molecule has 0 unspecified atom stereocenters. The lowest BCUT2D eigenvalue weighted by atomic mass is 9.84. The van der Waals surface area contributed by atoms with Gasteiger partial charge in [0.25, 0.3) is 5.69 Å². The summed E-state index contributed by atoms with van der Waals surface area (Å²) in [5.74, 6) is 1.56. The lowest BCUT2D eigenvalue weighted by molar-refractivity contribution is -0.384. The van der Waals surface area contributed by atoms with E-state index in [1.807, 2.05) is 0 Å². The third-order valence-electron chi connectivity index (χ3n) is 4.92. The number of aromatic nitrogens is 1. The molecule has 0 spiro atoms. The highest BCUT2D eigenvalue weighted by molar-refractivity contribution is 8.23. The van der Waals surface area contributed by atoms with Crippen molar-refractivity contribution >= 4 is 55.5 Å². The van der Waals surface area contributed by atoms with Crippen LogP contribution in [0.3, 0.4) is 0 Å². The van der Waals surface area contributed by atoms with Crippen LogP contribution in [0.2, 0.25) is 0 Å². The van der Waals surface area contributed by atoms with Crippen molar-refractivity contribution in [2.75, 3.05) is 13.1 Å². The molecular formula is C16H17N3O2S3. The maximum Gasteiger partial charge on any atom is 0.270 e. The van der Waals surface area contributed by atoms with Gasteiger partial charge in [0.2, 0.25) is 0 Å². The summed E-state index contributed by atoms with van der Waals surface area (Å²) in [5.41, 5.74) is 0.904. The van der Waals surface area contributed by atoms with Crippen LogP contribution in [0.25, 0.3) is 10.2 Å². The Kier molecular flexibility index (Phi) is 4.44. The molecule has 0 atom stereocenters. The largest absolute Gasteiger partial charge is 0.357 e. The summed E-state index contributed by atoms with van der Waals surface area (Å²) >= 11 is 8.67. The molecule has 3 aliphatic rings. The molecule has 24 heavy (non-hydrogen) atoms. The van der Waals surface area contributed by atoms with Crippen LogP contribution >= 0.6 is 35.3 Å². The second-order valence-corrected chi connectivity index (χ2v) is 9.46. The molecule has 3 heterocycles. The van der Waals surface area contributed by atoms with Gasteiger partial charge < -0.3 is 4.90 Å². The van der Waals surface area contributed by atoms with Gasteiger partial charge in [-0.25, -0.2) is 4.98 Å². The molecule has 2 bridgehead atoms. The zero-order valence-electron chi connectivity index (χ0n) is 13.0. The molecule has 1 aromatic carbocycles. The highest BCUT2D eigenvalue weighted by atomic mass is 32.2. The third-order valence-corrected chi connectivity index (χ3v) is 7.44. The van der Waals surface area contributed by atoms with Gasteiger partial charge in [-0.1, -0.05) is 12.2 Å². The van der Waals surface area contributed by atoms with Crippen LogP contribution in [0.4, 0.5) is 5.69 Å². The topological polar surface area (TPSA) is 59.3 Å². The molecule has 1 aliphatic carbocycles. The minimum absolute atomic E-state index is 0.106. The summed E-state index contributed by atoms with van der Waals surface area (Å²) in [6, 6.07) is 4.80. The number of hydrogen-bond acceptors (Lipinski definition) is 6. The number of non-ortho nitro benzene ring substituents is 1. The van der Waals surface area contributed by atoms with E-state index in [0.717, 1.165) is 43.8 Å². The van der Waals surface area contributed by atoms with Gasteiger partial charge in [0, 0.05) is 25.2 Å². The van der Waals surface area contributed by atoms with Crippen LogP contribution in [0, 0.1) is 22.0 Å². The number of hydrogen-bond donors (Lipinski definition) is 0. The number of thiazole rings is 1. The number of benzene rings is 1. The number of fused-ring (bicyclic) bond motifs is 5. The zero-order chi connectivity index (χ0) is 16.7. The first-order valence-corrected chi connectivity index (χ1v) is 10.1. The predicted molar refractivity (Wildman–Crippen MR) is 102 cm³/mol. The van der Waals surface area contributed by atoms with Crippen LogP contribution in [-0.4, -0.2) is 32.2 Å². The smallest absolute Gasteiger partial charge is 0.270 e. The third kappa shape index (κ3) is 3.27. The minimum Gasteiger partial charge on any atom is -0.357 e. The van der Waals surface area contributed by atoms with Gasteiger partial charge in [-0.2, -0.15) is 0 Å². The molecule has 2 aliphatic heterocycles. The highest BCUT2D eigenvalue weighted by Gasteiger charge is 2.30. The van der Waals surface area contributed by atoms with Crippen LogP contribution in [-0.2, 0) is 0 Å². The molecule has 0 N–H and O–H groups in total. The summed E-state index contributed by atoms with van der Waals surface area (Å²) in [6.07, 6.45) is 5.33. The van der Waals surface area contributed by atoms with E-state index in [0.29, 0.717) is 0 Å². The SMILES string of the molecule is O=[N+]([O-])c1ccc2nc(SC(=S)N3CC4CCC(CC4)C3)sc2c1. The average Bonchev–Trinajstić information content (AvgIpc) is 2.73. The molecule has 0 radical (unpaired) electrons. The molecule has 8 heteroatoms. The molecule has 0 amide bonds. The molecular weight excluding hydrogens is 362 g/mol. The van der Waals surface area contributed by atoms with Gasteiger partial charge in [-0.3, -0.25) is 10.1 Å². The number of thiocarbonyl (C=S) groups is 1. The van der Waals surface area contributed by atoms with Gasteiger partial charge in [0.1, 0.15) is 4.32 Å². The van der Waals surface area contributed by atoms with Crippen LogP contribution in [0.5, 0.6) is 0 Å². The van der Waals surface area contributed by atoms with E-state index >= 15 is 0 Å². The quantitative estimate of drug-likeness (QED) is 0.326. The van der Waals surface area contributed by atoms with Crippen molar-refractivity contribution in [1.29, 1.82) is 0 Å². The van der Waals surface area contributed by atoms with Crippen molar-refractivity contribution in [3.8, 4) is 0 Å². The van der Waals surface area contributed by atoms with E-state index in [1.165, 1.54) is 54.8 Å². The maximum atomic E-state index is 10.9. The van der Waals surface area contributed by atoms with Crippen molar-refractivity contribution in [1.82, 2.24) is 9.88 Å². The van der Waals surface area contributed by atoms with Crippen molar-refractivity contribution in [3.05, 3.63) is 28.3 Å². The molecule has 126 valence electrons. The van der Waals surface area contributed by atoms with E-state index in [9.17, 15) is 10.1 Å². The van der Waals surface area contributed by atoms with Crippen LogP contribution in [0.15, 0.2) is 22.5 Å². The normalized spacial score (nSPS) is 23.4. The fraction of sp³-hybridized carbons (Fsp3) is 0.500. The Hall–Kier alpha value is -1.25. The Morgan fingerprint density at radius 3 is 2.58 bits per heavy atom. The molecule has 2 aromatic rings. The van der Waals surface area contributed by atoms with E-state index in [-0.39, 0.29) is 10.6 Å². The standard InChI is InChI=1S/C16H17N3O2S3/c20-19(21)12-5-6-13-14(7-12)23-15(17-13)24-16(22)18-8-10-1-2-11(9-18)4-3-10/h5-7,10-11H,1-4,8-9H2. The molecule has 5 rings (SSSR count). The lowest BCUT2D eigenvalue weighted by Gasteiger charge is -2.24. The first kappa shape index (κ1) is 16.2. The van der Waals surface area contributed by atoms with Gasteiger partial charge in [0.05, 0.1) is 15.1 Å². The second-order valence-electron chi connectivity index (χ2n) is 6.55. The Bertz CT molecular complexity index is 785. The van der Waals surface area contributed by atoms with E-state index < -0.39 is 0 Å². The Balaban J connectivity index is 1.51. The first-order chi connectivity index (χ1) is 11.6. The van der Waals surface area contributed by atoms with Crippen molar-refractivity contribution in [2.45, 2.75) is 30.0 Å². The first-order valence-electron chi connectivity index (χ1n) is 8.10. The lowest BCUT2D eigenvalue weighted by Crippen LogP contribution is -2.31. The highest BCUT2D eigenvalue weighted by Crippen LogP contribution is 2.37. The zero-order valence-corrected chi connectivity index (χ0v) is 15.5. The molecule has 2 saturated heterocycles. The number of nitrogens with zero attached hydrogens (tertiary/aromatic N) is 3. The maximum absolute atomic E-state index is 10.9. The fourth-order valence-electron chi connectivity index (χ4n) is 3.63. The van der Waals surface area contributed by atoms with E-state index in [1.54, 1.807) is 12.1 Å². The summed E-state index contributed by atoms with van der Waals surface area (Å²) < 4.78 is 2.60. The second kappa shape index (κ2) is 6.57. The van der Waals surface area contributed by atoms with Crippen LogP contribution in [0.1, 0.15) is 25.7 Å². The monoisotopic (exact) mass is 379 g/mol. The summed E-state index contributed by atoms with van der Waals surface area (Å²) in [6.45, 7) is 2.14. The molecule has 5 nitrogen and oxygen atoms in total. The van der Waals surface area contributed by atoms with Gasteiger partial charge >= 0.3 is 0 Å². The Morgan fingerprint density at radius 1 is 1.29 bits per heavy atom. The molecule has 3 fully saturated rings. The number of thioether (sulfide) groups is 1. The van der Waals surface area contributed by atoms with Crippen molar-refractivity contribution in [3.63, 3.8) is 0 Å². The molecule has 1 saturated carbocycles. The van der Waals surface area contributed by atoms with Crippen molar-refractivity contribution < 1.29 is 4.92 Å². The molecule has 1 aromatic heterocycles. The number of nitro groups is 1. The van der Waals surface area contributed by atoms with Crippen LogP contribution < -0.4 is 0 Å². The summed E-state index contributed by atoms with van der Waals surface area (Å²) in [5, 5.41) is 10.9. The average molecular weight is 380 g/mol. The van der Waals surface area contributed by atoms with E-state index in [2.05, 4.69) is 9.88 Å². The van der Waals surface area contributed by atoms with E-state index in [4.69, 9.17) is 12.2 Å². The Labute approximate surface area is 153 Å². The summed E-state index contributed by atoms with van der Waals surface area (Å²) in [7, 11) is 0. The van der Waals surface area contributed by atoms with Gasteiger partial charge in [-0.15, -0.1) is 11.3 Å². The summed E-state index contributed by atoms with van der Waals surface area (Å²) in [4.78, 5) is 17.4. The van der Waals surface area contributed by atoms with Gasteiger partial charge in [0.15, 0.2) is 4.34 Å². The fourth-order valence-corrected chi connectivity index (χ4v) is 6.15. The number of nitro benzene ring substituents is 1. The van der Waals surface area contributed by atoms with Gasteiger partial charge in [-0.05, 0) is 55.3 Å². The van der Waals surface area contributed by atoms with Crippen molar-refractivity contribution in [2.24, 2.45) is 11.8 Å². The number of rotatable bonds is 2. The predicted octanol–water partition coefficient (Wildman–Crippen LogP) is 4.70.